The molecule has 0 aromatic carbocycles. The van der Waals surface area contributed by atoms with Gasteiger partial charge < -0.3 is 17.0 Å². The van der Waals surface area contributed by atoms with Crippen molar-refractivity contribution in [2.75, 3.05) is 18.8 Å². The van der Waals surface area contributed by atoms with Crippen molar-refractivity contribution in [3.63, 3.8) is 0 Å². The Morgan fingerprint density at radius 1 is 1.32 bits per heavy atom. The monoisotopic (exact) mass is 482 g/mol. The number of ketones is 1. The van der Waals surface area contributed by atoms with E-state index in [-0.39, 0.29) is 39.7 Å². The van der Waals surface area contributed by atoms with Crippen molar-refractivity contribution in [1.29, 1.82) is 0 Å². The minimum absolute atomic E-state index is 0. The number of carbonyl (C=O) groups is 1. The third-order valence-electron chi connectivity index (χ3n) is 3.20. The minimum atomic E-state index is 0. The van der Waals surface area contributed by atoms with Gasteiger partial charge in [-0.15, -0.1) is 28.7 Å². The first-order valence-electron chi connectivity index (χ1n) is 6.57. The van der Waals surface area contributed by atoms with Gasteiger partial charge in [-0.05, 0) is 22.5 Å². The first-order valence-corrected chi connectivity index (χ1v) is 9.70. The SMILES string of the molecule is Br.O=C(CSc1cc(=[N+]2CCCC2)ss1)c1cccnc1.[Br-]. The molecule has 0 amide bonds. The van der Waals surface area contributed by atoms with Crippen LogP contribution in [-0.2, 0) is 0 Å². The zero-order chi connectivity index (χ0) is 13.8. The van der Waals surface area contributed by atoms with Crippen LogP contribution >= 0.6 is 49.4 Å². The van der Waals surface area contributed by atoms with Crippen molar-refractivity contribution in [1.82, 2.24) is 9.56 Å². The highest BCUT2D eigenvalue weighted by molar-refractivity contribution is 8.93. The third kappa shape index (κ3) is 5.26. The number of pyridine rings is 1. The summed E-state index contributed by atoms with van der Waals surface area (Å²) in [5, 5.41) is 0. The lowest BCUT2D eigenvalue weighted by molar-refractivity contribution is -0.0000118. The molecule has 1 fully saturated rings. The summed E-state index contributed by atoms with van der Waals surface area (Å²) in [5.74, 6) is 0.627. The van der Waals surface area contributed by atoms with Gasteiger partial charge in [0, 0.05) is 36.9 Å². The highest BCUT2D eigenvalue weighted by Crippen LogP contribution is 2.25. The molecule has 0 N–H and O–H groups in total. The zero-order valence-electron chi connectivity index (χ0n) is 11.7. The summed E-state index contributed by atoms with van der Waals surface area (Å²) in [7, 11) is 3.59. The molecule has 0 atom stereocenters. The third-order valence-corrected chi connectivity index (χ3v) is 7.14. The Labute approximate surface area is 162 Å². The highest BCUT2D eigenvalue weighted by atomic mass is 79.9. The van der Waals surface area contributed by atoms with Crippen molar-refractivity contribution in [2.45, 2.75) is 17.1 Å². The molecule has 3 heterocycles. The molecule has 0 radical (unpaired) electrons. The van der Waals surface area contributed by atoms with Crippen LogP contribution in [0.15, 0.2) is 34.8 Å². The molecule has 1 saturated heterocycles. The number of hydrogen-bond donors (Lipinski definition) is 0. The van der Waals surface area contributed by atoms with Gasteiger partial charge in [-0.2, -0.15) is 0 Å². The Morgan fingerprint density at radius 2 is 2.09 bits per heavy atom. The normalized spacial score (nSPS) is 13.4. The maximum Gasteiger partial charge on any atom is 0.268 e. The molecule has 8 heteroatoms. The molecule has 0 bridgehead atoms. The number of nitrogens with zero attached hydrogens (tertiary/aromatic N) is 2. The topological polar surface area (TPSA) is 33.0 Å². The average Bonchev–Trinajstić information content (AvgIpc) is 3.16. The molecular formula is C14H16Br2N2OS3. The van der Waals surface area contributed by atoms with Crippen LogP contribution in [0.25, 0.3) is 0 Å². The first-order chi connectivity index (χ1) is 9.83. The average molecular weight is 484 g/mol. The summed E-state index contributed by atoms with van der Waals surface area (Å²) in [6, 6.07) is 5.85. The fourth-order valence-corrected chi connectivity index (χ4v) is 5.91. The smallest absolute Gasteiger partial charge is 0.268 e. The van der Waals surface area contributed by atoms with Crippen LogP contribution in [0.1, 0.15) is 23.2 Å². The van der Waals surface area contributed by atoms with Crippen LogP contribution in [0.3, 0.4) is 0 Å². The van der Waals surface area contributed by atoms with Crippen LogP contribution in [0.2, 0.25) is 0 Å². The van der Waals surface area contributed by atoms with E-state index in [1.807, 2.05) is 16.4 Å². The van der Waals surface area contributed by atoms with Crippen LogP contribution in [-0.4, -0.2) is 29.6 Å². The van der Waals surface area contributed by atoms with Crippen molar-refractivity contribution in [3.05, 3.63) is 40.8 Å². The molecule has 0 aliphatic carbocycles. The summed E-state index contributed by atoms with van der Waals surface area (Å²) < 4.78 is 5.02. The van der Waals surface area contributed by atoms with Gasteiger partial charge in [0.25, 0.3) is 4.67 Å². The predicted octanol–water partition coefficient (Wildman–Crippen LogP) is 0.327. The highest BCUT2D eigenvalue weighted by Gasteiger charge is 2.15. The molecular weight excluding hydrogens is 468 g/mol. The van der Waals surface area contributed by atoms with E-state index in [0.717, 1.165) is 0 Å². The molecule has 1 aliphatic heterocycles. The molecule has 0 saturated carbocycles. The zero-order valence-corrected chi connectivity index (χ0v) is 17.5. The fraction of sp³-hybridized carbons (Fsp3) is 0.357. The Balaban J connectivity index is 0.00000121. The Bertz CT molecular complexity index is 662. The van der Waals surface area contributed by atoms with Gasteiger partial charge in [0.05, 0.1) is 9.96 Å². The van der Waals surface area contributed by atoms with Gasteiger partial charge in [0.15, 0.2) is 5.78 Å². The second kappa shape index (κ2) is 9.97. The van der Waals surface area contributed by atoms with Gasteiger partial charge in [0.1, 0.15) is 13.1 Å². The Hall–Kier alpha value is -0.0200. The van der Waals surface area contributed by atoms with Crippen molar-refractivity contribution in [3.8, 4) is 0 Å². The number of rotatable bonds is 4. The largest absolute Gasteiger partial charge is 1.00 e. The second-order valence-electron chi connectivity index (χ2n) is 4.62. The van der Waals surface area contributed by atoms with Crippen molar-refractivity contribution < 1.29 is 21.8 Å². The summed E-state index contributed by atoms with van der Waals surface area (Å²) >= 11 is 1.63. The molecule has 0 unspecified atom stereocenters. The van der Waals surface area contributed by atoms with E-state index in [2.05, 4.69) is 15.6 Å². The van der Waals surface area contributed by atoms with Gasteiger partial charge in [-0.25, -0.2) is 4.58 Å². The molecule has 1 aliphatic rings. The van der Waals surface area contributed by atoms with E-state index in [1.165, 1.54) is 34.8 Å². The van der Waals surface area contributed by atoms with Gasteiger partial charge in [0.2, 0.25) is 0 Å². The Kier molecular flexibility index (Phi) is 9.08. The molecule has 2 aromatic heterocycles. The quantitative estimate of drug-likeness (QED) is 0.272. The van der Waals surface area contributed by atoms with E-state index in [1.54, 1.807) is 40.6 Å². The fourth-order valence-electron chi connectivity index (χ4n) is 2.13. The maximum atomic E-state index is 12.0. The number of carbonyl (C=O) groups excluding carboxylic acids is 1. The van der Waals surface area contributed by atoms with Gasteiger partial charge >= 0.3 is 0 Å². The minimum Gasteiger partial charge on any atom is -1.00 e. The Morgan fingerprint density at radius 3 is 2.77 bits per heavy atom. The van der Waals surface area contributed by atoms with Gasteiger partial charge in [-0.1, -0.05) is 10.3 Å². The predicted molar refractivity (Wildman–Crippen MR) is 96.0 cm³/mol. The standard InChI is InChI=1S/C14H15N2OS3.2BrH/c17-12(11-4-3-5-15-9-11)10-18-14-8-13(19-20-14)16-6-1-2-7-16;;/h3-5,8-9H,1-2,6-7,10H2;2*1H/q+1;;/p-1. The second-order valence-corrected chi connectivity index (χ2v) is 8.08. The van der Waals surface area contributed by atoms with Crippen LogP contribution < -0.4 is 26.2 Å². The van der Waals surface area contributed by atoms with E-state index >= 15 is 0 Å². The van der Waals surface area contributed by atoms with Crippen LogP contribution in [0.5, 0.6) is 0 Å². The molecule has 3 nitrogen and oxygen atoms in total. The van der Waals surface area contributed by atoms with Crippen molar-refractivity contribution in [2.24, 2.45) is 0 Å². The van der Waals surface area contributed by atoms with E-state index in [9.17, 15) is 4.79 Å². The van der Waals surface area contributed by atoms with E-state index < -0.39 is 0 Å². The van der Waals surface area contributed by atoms with Crippen LogP contribution in [0.4, 0.5) is 0 Å². The van der Waals surface area contributed by atoms with Crippen LogP contribution in [0, 0.1) is 0 Å². The summed E-state index contributed by atoms with van der Waals surface area (Å²) in [6.45, 7) is 2.35. The lowest BCUT2D eigenvalue weighted by Crippen LogP contribution is -3.00. The number of halogens is 2. The van der Waals surface area contributed by atoms with E-state index in [0.29, 0.717) is 11.3 Å². The summed E-state index contributed by atoms with van der Waals surface area (Å²) in [4.78, 5) is 16.0. The lowest BCUT2D eigenvalue weighted by Gasteiger charge is -1.97. The number of hydrogen-bond acceptors (Lipinski definition) is 5. The summed E-state index contributed by atoms with van der Waals surface area (Å²) in [6.07, 6.45) is 5.91. The number of thioether (sulfide) groups is 1. The molecule has 22 heavy (non-hydrogen) atoms. The maximum absolute atomic E-state index is 12.0. The summed E-state index contributed by atoms with van der Waals surface area (Å²) in [5.41, 5.74) is 0.694. The van der Waals surface area contributed by atoms with Gasteiger partial charge in [-0.3, -0.25) is 9.78 Å². The lowest BCUT2D eigenvalue weighted by atomic mass is 10.2. The van der Waals surface area contributed by atoms with E-state index in [4.69, 9.17) is 0 Å². The molecule has 120 valence electrons. The number of aromatic nitrogens is 1. The molecule has 2 aromatic rings. The number of Topliss-reactive ketones (excluding diaryl/α,β-unsaturated/α-hetero) is 1. The molecule has 3 rings (SSSR count). The first kappa shape index (κ1) is 20.0. The molecule has 0 spiro atoms. The van der Waals surface area contributed by atoms with Crippen molar-refractivity contribution >= 4 is 55.2 Å².